The van der Waals surface area contributed by atoms with Gasteiger partial charge in [-0.25, -0.2) is 13.2 Å². The molecule has 8 nitrogen and oxygen atoms in total. The zero-order valence-electron chi connectivity index (χ0n) is 14.4. The van der Waals surface area contributed by atoms with E-state index in [-0.39, 0.29) is 12.5 Å². The highest BCUT2D eigenvalue weighted by molar-refractivity contribution is 7.89. The Hall–Kier alpha value is -1.35. The van der Waals surface area contributed by atoms with E-state index in [4.69, 9.17) is 4.74 Å². The Bertz CT molecular complexity index is 541. The fourth-order valence-electron chi connectivity index (χ4n) is 2.35. The highest BCUT2D eigenvalue weighted by Gasteiger charge is 2.40. The third kappa shape index (κ3) is 5.35. The Labute approximate surface area is 138 Å². The molecule has 1 rings (SSSR count). The molecule has 134 valence electrons. The quantitative estimate of drug-likeness (QED) is 0.749. The fourth-order valence-corrected chi connectivity index (χ4v) is 4.05. The van der Waals surface area contributed by atoms with Gasteiger partial charge in [-0.05, 0) is 40.5 Å². The largest absolute Gasteiger partial charge is 0.444 e. The van der Waals surface area contributed by atoms with Gasteiger partial charge in [-0.2, -0.15) is 4.31 Å². The number of rotatable bonds is 5. The average molecular weight is 349 g/mol. The summed E-state index contributed by atoms with van der Waals surface area (Å²) in [7, 11) is -2.20. The van der Waals surface area contributed by atoms with Crippen molar-refractivity contribution >= 4 is 22.0 Å². The standard InChI is InChI=1S/C14H27N3O5S/c1-10(9-16-13(19)22-14(2,3)4)23(20,21)17-8-6-7-11(17)12(18)15-5/h10-11H,6-9H2,1-5H3,(H,15,18)(H,16,19)/t10-,11+/m1/s1. The maximum Gasteiger partial charge on any atom is 0.407 e. The second kappa shape index (κ2) is 7.48. The van der Waals surface area contributed by atoms with Crippen LogP contribution in [0.5, 0.6) is 0 Å². The molecule has 2 atom stereocenters. The number of carbonyl (C=O) groups excluding carboxylic acids is 2. The van der Waals surface area contributed by atoms with Gasteiger partial charge in [0, 0.05) is 20.1 Å². The van der Waals surface area contributed by atoms with Crippen LogP contribution in [0.15, 0.2) is 0 Å². The van der Waals surface area contributed by atoms with Crippen molar-refractivity contribution in [2.24, 2.45) is 0 Å². The number of hydrogen-bond donors (Lipinski definition) is 2. The van der Waals surface area contributed by atoms with E-state index in [1.54, 1.807) is 20.8 Å². The van der Waals surface area contributed by atoms with Gasteiger partial charge in [0.15, 0.2) is 0 Å². The lowest BCUT2D eigenvalue weighted by molar-refractivity contribution is -0.123. The van der Waals surface area contributed by atoms with Crippen molar-refractivity contribution in [3.05, 3.63) is 0 Å². The number of hydrogen-bond acceptors (Lipinski definition) is 5. The normalized spacial score (nSPS) is 20.8. The molecule has 1 aliphatic rings. The molecule has 23 heavy (non-hydrogen) atoms. The van der Waals surface area contributed by atoms with Crippen LogP contribution in [-0.2, 0) is 19.6 Å². The summed E-state index contributed by atoms with van der Waals surface area (Å²) in [6.07, 6.45) is 0.484. The van der Waals surface area contributed by atoms with Gasteiger partial charge >= 0.3 is 6.09 Å². The molecule has 0 aliphatic carbocycles. The molecule has 1 saturated heterocycles. The van der Waals surface area contributed by atoms with E-state index in [0.717, 1.165) is 0 Å². The molecular weight excluding hydrogens is 322 g/mol. The van der Waals surface area contributed by atoms with Crippen molar-refractivity contribution in [1.82, 2.24) is 14.9 Å². The van der Waals surface area contributed by atoms with Gasteiger partial charge in [0.1, 0.15) is 11.6 Å². The monoisotopic (exact) mass is 349 g/mol. The smallest absolute Gasteiger partial charge is 0.407 e. The second-order valence-electron chi connectivity index (χ2n) is 6.62. The molecule has 0 bridgehead atoms. The lowest BCUT2D eigenvalue weighted by Crippen LogP contribution is -2.50. The Morgan fingerprint density at radius 1 is 1.35 bits per heavy atom. The number of nitrogens with one attached hydrogen (secondary N) is 2. The number of carbonyl (C=O) groups is 2. The first kappa shape index (κ1) is 19.7. The van der Waals surface area contributed by atoms with E-state index in [0.29, 0.717) is 19.4 Å². The first-order chi connectivity index (χ1) is 10.5. The topological polar surface area (TPSA) is 105 Å². The summed E-state index contributed by atoms with van der Waals surface area (Å²) in [6.45, 7) is 6.93. The van der Waals surface area contributed by atoms with Gasteiger partial charge in [0.05, 0.1) is 5.25 Å². The molecule has 0 aromatic carbocycles. The van der Waals surface area contributed by atoms with E-state index in [1.807, 2.05) is 0 Å². The van der Waals surface area contributed by atoms with Gasteiger partial charge in [0.2, 0.25) is 15.9 Å². The number of alkyl carbamates (subject to hydrolysis) is 1. The minimum atomic E-state index is -3.68. The number of ether oxygens (including phenoxy) is 1. The summed E-state index contributed by atoms with van der Waals surface area (Å²) in [4.78, 5) is 23.4. The molecule has 1 fully saturated rings. The van der Waals surface area contributed by atoms with Crippen LogP contribution in [0, 0.1) is 0 Å². The van der Waals surface area contributed by atoms with Crippen LogP contribution in [0.3, 0.4) is 0 Å². The minimum absolute atomic E-state index is 0.0752. The number of nitrogens with zero attached hydrogens (tertiary/aromatic N) is 1. The number of amides is 2. The number of likely N-dealkylation sites (N-methyl/N-ethyl adjacent to an activating group) is 1. The van der Waals surface area contributed by atoms with Gasteiger partial charge in [-0.15, -0.1) is 0 Å². The molecule has 0 unspecified atom stereocenters. The Morgan fingerprint density at radius 2 is 1.96 bits per heavy atom. The Morgan fingerprint density at radius 3 is 2.48 bits per heavy atom. The summed E-state index contributed by atoms with van der Waals surface area (Å²) >= 11 is 0. The first-order valence-corrected chi connectivity index (χ1v) is 9.18. The summed E-state index contributed by atoms with van der Waals surface area (Å²) in [5.41, 5.74) is -0.647. The van der Waals surface area contributed by atoms with Crippen molar-refractivity contribution in [3.8, 4) is 0 Å². The molecule has 1 heterocycles. The van der Waals surface area contributed by atoms with Crippen molar-refractivity contribution in [2.75, 3.05) is 20.1 Å². The van der Waals surface area contributed by atoms with Crippen LogP contribution in [0.4, 0.5) is 4.79 Å². The summed E-state index contributed by atoms with van der Waals surface area (Å²) in [5, 5.41) is 4.10. The summed E-state index contributed by atoms with van der Waals surface area (Å²) in [6, 6.07) is -0.672. The molecule has 0 aromatic rings. The van der Waals surface area contributed by atoms with Crippen molar-refractivity contribution in [3.63, 3.8) is 0 Å². The van der Waals surface area contributed by atoms with E-state index >= 15 is 0 Å². The lowest BCUT2D eigenvalue weighted by atomic mass is 10.2. The predicted molar refractivity (Wildman–Crippen MR) is 86.4 cm³/mol. The van der Waals surface area contributed by atoms with Crippen molar-refractivity contribution in [2.45, 2.75) is 57.4 Å². The SMILES string of the molecule is CNC(=O)[C@@H]1CCCN1S(=O)(=O)[C@H](C)CNC(=O)OC(C)(C)C. The van der Waals surface area contributed by atoms with Gasteiger partial charge < -0.3 is 15.4 Å². The molecule has 2 amide bonds. The van der Waals surface area contributed by atoms with Crippen LogP contribution in [-0.4, -0.2) is 61.8 Å². The van der Waals surface area contributed by atoms with Crippen LogP contribution in [0.1, 0.15) is 40.5 Å². The van der Waals surface area contributed by atoms with Gasteiger partial charge in [-0.1, -0.05) is 0 Å². The van der Waals surface area contributed by atoms with Crippen molar-refractivity contribution < 1.29 is 22.7 Å². The molecule has 2 N–H and O–H groups in total. The molecule has 0 spiro atoms. The van der Waals surface area contributed by atoms with Crippen LogP contribution in [0.25, 0.3) is 0 Å². The second-order valence-corrected chi connectivity index (χ2v) is 8.93. The third-order valence-corrected chi connectivity index (χ3v) is 5.80. The maximum atomic E-state index is 12.6. The minimum Gasteiger partial charge on any atom is -0.444 e. The fraction of sp³-hybridized carbons (Fsp3) is 0.857. The van der Waals surface area contributed by atoms with Crippen LogP contribution in [0.2, 0.25) is 0 Å². The van der Waals surface area contributed by atoms with Crippen molar-refractivity contribution in [1.29, 1.82) is 0 Å². The molecule has 9 heteroatoms. The van der Waals surface area contributed by atoms with Gasteiger partial charge in [0.25, 0.3) is 0 Å². The van der Waals surface area contributed by atoms with Crippen LogP contribution >= 0.6 is 0 Å². The molecular formula is C14H27N3O5S. The Balaban J connectivity index is 2.68. The van der Waals surface area contributed by atoms with E-state index in [9.17, 15) is 18.0 Å². The Kier molecular flexibility index (Phi) is 6.41. The highest BCUT2D eigenvalue weighted by atomic mass is 32.2. The molecule has 0 saturated carbocycles. The molecule has 0 aromatic heterocycles. The predicted octanol–water partition coefficient (Wildman–Crippen LogP) is 0.440. The molecule has 0 radical (unpaired) electrons. The highest BCUT2D eigenvalue weighted by Crippen LogP contribution is 2.23. The van der Waals surface area contributed by atoms with Crippen LogP contribution < -0.4 is 10.6 Å². The van der Waals surface area contributed by atoms with E-state index in [2.05, 4.69) is 10.6 Å². The maximum absolute atomic E-state index is 12.6. The van der Waals surface area contributed by atoms with E-state index < -0.39 is 33.0 Å². The zero-order chi connectivity index (χ0) is 17.8. The van der Waals surface area contributed by atoms with Gasteiger partial charge in [-0.3, -0.25) is 4.79 Å². The lowest BCUT2D eigenvalue weighted by Gasteiger charge is -2.26. The first-order valence-electron chi connectivity index (χ1n) is 7.68. The zero-order valence-corrected chi connectivity index (χ0v) is 15.2. The number of sulfonamides is 1. The van der Waals surface area contributed by atoms with E-state index in [1.165, 1.54) is 18.3 Å². The summed E-state index contributed by atoms with van der Waals surface area (Å²) < 4.78 is 31.5. The average Bonchev–Trinajstić information content (AvgIpc) is 2.91. The molecule has 1 aliphatic heterocycles. The third-order valence-electron chi connectivity index (χ3n) is 3.52. The summed E-state index contributed by atoms with van der Waals surface area (Å²) in [5.74, 6) is -0.307.